The van der Waals surface area contributed by atoms with E-state index in [0.29, 0.717) is 47.5 Å². The van der Waals surface area contributed by atoms with E-state index in [4.69, 9.17) is 16.7 Å². The summed E-state index contributed by atoms with van der Waals surface area (Å²) in [5.74, 6) is -0.352. The van der Waals surface area contributed by atoms with E-state index >= 15 is 4.39 Å². The normalized spacial score (nSPS) is 16.3. The number of halogens is 2. The number of nitrogens with one attached hydrogen (secondary N) is 3. The second-order valence-corrected chi connectivity index (χ2v) is 7.88. The zero-order valence-corrected chi connectivity index (χ0v) is 18.0. The molecule has 32 heavy (non-hydrogen) atoms. The molecule has 2 aliphatic rings. The van der Waals surface area contributed by atoms with Gasteiger partial charge in [-0.3, -0.25) is 14.9 Å². The molecule has 2 aromatic rings. The molecule has 0 atom stereocenters. The highest BCUT2D eigenvalue weighted by Crippen LogP contribution is 2.40. The molecule has 1 aromatic carbocycles. The van der Waals surface area contributed by atoms with Gasteiger partial charge >= 0.3 is 0 Å². The minimum Gasteiger partial charge on any atom is -0.396 e. The molecule has 0 saturated heterocycles. The SMILES string of the molecule is C=N/C(=C\N1C=C(c2c(Cl)c(F)c(NCCCO)c3[nH]ncc23)N=CC1)NC(=O)C1CC1. The molecule has 1 aliphatic carbocycles. The lowest BCUT2D eigenvalue weighted by molar-refractivity contribution is -0.121. The maximum atomic E-state index is 15.2. The van der Waals surface area contributed by atoms with Crippen molar-refractivity contribution >= 4 is 52.7 Å². The predicted molar refractivity (Wildman–Crippen MR) is 123 cm³/mol. The van der Waals surface area contributed by atoms with E-state index in [0.717, 1.165) is 12.8 Å². The van der Waals surface area contributed by atoms with Crippen LogP contribution >= 0.6 is 11.6 Å². The molecule has 0 unspecified atom stereocenters. The standard InChI is InChI=1S/C21H23ClFN7O2/c1-24-15(28-21(32)12-3-4-12)11-30-7-6-25-14(10-30)16-13-9-27-29-19(13)20(18(23)17(16)22)26-5-2-8-31/h6,9-12,26,31H,1-5,7-8H2,(H,27,29)(H,28,32)/b15-11+. The molecule has 1 amide bonds. The lowest BCUT2D eigenvalue weighted by Crippen LogP contribution is -2.26. The van der Waals surface area contributed by atoms with E-state index in [9.17, 15) is 4.79 Å². The van der Waals surface area contributed by atoms with Crippen LogP contribution in [0.15, 0.2) is 34.4 Å². The zero-order chi connectivity index (χ0) is 22.7. The van der Waals surface area contributed by atoms with Crippen LogP contribution in [0.5, 0.6) is 0 Å². The van der Waals surface area contributed by atoms with E-state index in [-0.39, 0.29) is 29.1 Å². The Bertz CT molecular complexity index is 1140. The predicted octanol–water partition coefficient (Wildman–Crippen LogP) is 2.86. The monoisotopic (exact) mass is 459 g/mol. The number of hydrogen-bond acceptors (Lipinski definition) is 7. The summed E-state index contributed by atoms with van der Waals surface area (Å²) >= 11 is 6.43. The Balaban J connectivity index is 1.67. The molecule has 1 aromatic heterocycles. The van der Waals surface area contributed by atoms with Crippen LogP contribution in [0.3, 0.4) is 0 Å². The summed E-state index contributed by atoms with van der Waals surface area (Å²) in [6.07, 6.45) is 8.77. The number of aliphatic hydroxyl groups excluding tert-OH is 1. The van der Waals surface area contributed by atoms with Crippen LogP contribution in [0, 0.1) is 11.7 Å². The van der Waals surface area contributed by atoms with Gasteiger partial charge in [-0.25, -0.2) is 9.38 Å². The van der Waals surface area contributed by atoms with Gasteiger partial charge in [-0.15, -0.1) is 0 Å². The van der Waals surface area contributed by atoms with Gasteiger partial charge in [0.1, 0.15) is 5.82 Å². The maximum absolute atomic E-state index is 15.2. The fourth-order valence-electron chi connectivity index (χ4n) is 3.36. The summed E-state index contributed by atoms with van der Waals surface area (Å²) in [4.78, 5) is 22.1. The summed E-state index contributed by atoms with van der Waals surface area (Å²) in [7, 11) is 0. The molecular weight excluding hydrogens is 437 g/mol. The zero-order valence-electron chi connectivity index (χ0n) is 17.2. The van der Waals surface area contributed by atoms with Crippen molar-refractivity contribution in [3.63, 3.8) is 0 Å². The van der Waals surface area contributed by atoms with Crippen molar-refractivity contribution in [3.8, 4) is 0 Å². The lowest BCUT2D eigenvalue weighted by Gasteiger charge is -2.21. The summed E-state index contributed by atoms with van der Waals surface area (Å²) in [6.45, 7) is 4.31. The third kappa shape index (κ3) is 4.51. The van der Waals surface area contributed by atoms with Gasteiger partial charge in [0, 0.05) is 48.6 Å². The molecule has 4 N–H and O–H groups in total. The number of rotatable bonds is 9. The number of amides is 1. The molecule has 9 nitrogen and oxygen atoms in total. The first-order valence-corrected chi connectivity index (χ1v) is 10.6. The Hall–Kier alpha value is -3.24. The van der Waals surface area contributed by atoms with Gasteiger partial charge in [-0.1, -0.05) is 11.6 Å². The molecule has 4 rings (SSSR count). The average Bonchev–Trinajstić information content (AvgIpc) is 3.54. The molecule has 1 saturated carbocycles. The Morgan fingerprint density at radius 2 is 2.31 bits per heavy atom. The highest BCUT2D eigenvalue weighted by Gasteiger charge is 2.30. The van der Waals surface area contributed by atoms with E-state index in [1.54, 1.807) is 29.7 Å². The second kappa shape index (κ2) is 9.49. The van der Waals surface area contributed by atoms with Crippen molar-refractivity contribution in [2.75, 3.05) is 25.0 Å². The number of carbonyl (C=O) groups excluding carboxylic acids is 1. The van der Waals surface area contributed by atoms with E-state index in [1.165, 1.54) is 0 Å². The number of benzene rings is 1. The summed E-state index contributed by atoms with van der Waals surface area (Å²) in [6, 6.07) is 0. The van der Waals surface area contributed by atoms with Gasteiger partial charge in [0.2, 0.25) is 5.91 Å². The molecule has 11 heteroatoms. The van der Waals surface area contributed by atoms with Crippen molar-refractivity contribution in [1.29, 1.82) is 0 Å². The average molecular weight is 460 g/mol. The van der Waals surface area contributed by atoms with Crippen LogP contribution in [0.1, 0.15) is 24.8 Å². The topological polar surface area (TPSA) is 118 Å². The van der Waals surface area contributed by atoms with E-state index in [2.05, 4.69) is 37.5 Å². The third-order valence-corrected chi connectivity index (χ3v) is 5.51. The number of nitrogens with zero attached hydrogens (tertiary/aromatic N) is 4. The maximum Gasteiger partial charge on any atom is 0.228 e. The van der Waals surface area contributed by atoms with Gasteiger partial charge in [-0.05, 0) is 26.0 Å². The van der Waals surface area contributed by atoms with Gasteiger partial charge < -0.3 is 20.6 Å². The number of carbonyl (C=O) groups is 1. The largest absolute Gasteiger partial charge is 0.396 e. The molecule has 0 spiro atoms. The van der Waals surface area contributed by atoms with Gasteiger partial charge in [0.25, 0.3) is 0 Å². The summed E-state index contributed by atoms with van der Waals surface area (Å²) < 4.78 is 15.2. The number of anilines is 1. The van der Waals surface area contributed by atoms with Crippen molar-refractivity contribution in [2.45, 2.75) is 19.3 Å². The van der Waals surface area contributed by atoms with Gasteiger partial charge in [0.05, 0.1) is 34.7 Å². The molecule has 1 fully saturated rings. The van der Waals surface area contributed by atoms with Crippen LogP contribution in [-0.4, -0.2) is 58.7 Å². The highest BCUT2D eigenvalue weighted by atomic mass is 35.5. The number of aromatic amines is 1. The van der Waals surface area contributed by atoms with Crippen LogP contribution in [0.4, 0.5) is 10.1 Å². The Morgan fingerprint density at radius 1 is 1.50 bits per heavy atom. The molecule has 168 valence electrons. The van der Waals surface area contributed by atoms with Crippen molar-refractivity contribution < 1.29 is 14.3 Å². The number of aliphatic imine (C=N–C) groups is 2. The first-order chi connectivity index (χ1) is 15.5. The number of aromatic nitrogens is 2. The van der Waals surface area contributed by atoms with Crippen LogP contribution in [0.2, 0.25) is 5.02 Å². The molecule has 2 heterocycles. The van der Waals surface area contributed by atoms with Crippen molar-refractivity contribution in [2.24, 2.45) is 15.9 Å². The molecule has 0 bridgehead atoms. The first kappa shape index (κ1) is 22.0. The fraction of sp³-hybridized carbons (Fsp3) is 0.333. The smallest absolute Gasteiger partial charge is 0.228 e. The summed E-state index contributed by atoms with van der Waals surface area (Å²) in [5, 5.41) is 22.1. The van der Waals surface area contributed by atoms with Crippen LogP contribution < -0.4 is 10.6 Å². The summed E-state index contributed by atoms with van der Waals surface area (Å²) in [5.41, 5.74) is 1.47. The Morgan fingerprint density at radius 3 is 3.03 bits per heavy atom. The molecule has 1 aliphatic heterocycles. The quantitative estimate of drug-likeness (QED) is 0.339. The van der Waals surface area contributed by atoms with Gasteiger partial charge in [-0.2, -0.15) is 5.10 Å². The number of fused-ring (bicyclic) bond motifs is 1. The van der Waals surface area contributed by atoms with Gasteiger partial charge in [0.15, 0.2) is 5.82 Å². The van der Waals surface area contributed by atoms with E-state index < -0.39 is 5.82 Å². The van der Waals surface area contributed by atoms with Crippen LogP contribution in [0.25, 0.3) is 16.6 Å². The minimum absolute atomic E-state index is 0.0137. The number of aliphatic hydroxyl groups is 1. The number of hydrogen-bond donors (Lipinski definition) is 4. The fourth-order valence-corrected chi connectivity index (χ4v) is 3.65. The van der Waals surface area contributed by atoms with Crippen LogP contribution in [-0.2, 0) is 4.79 Å². The lowest BCUT2D eigenvalue weighted by atomic mass is 10.0. The van der Waals surface area contributed by atoms with Crippen molar-refractivity contribution in [1.82, 2.24) is 20.4 Å². The number of H-pyrrole nitrogens is 1. The minimum atomic E-state index is -0.634. The highest BCUT2D eigenvalue weighted by molar-refractivity contribution is 6.34. The first-order valence-electron chi connectivity index (χ1n) is 10.2. The molecular formula is C21H23ClFN7O2. The van der Waals surface area contributed by atoms with Crippen molar-refractivity contribution in [3.05, 3.63) is 40.8 Å². The third-order valence-electron chi connectivity index (χ3n) is 5.15. The van der Waals surface area contributed by atoms with E-state index in [1.807, 2.05) is 0 Å². The second-order valence-electron chi connectivity index (χ2n) is 7.50. The Labute approximate surface area is 188 Å². The molecule has 0 radical (unpaired) electrons. The Kier molecular flexibility index (Phi) is 6.52.